The fraction of sp³-hybridized carbons (Fsp3) is 1.00. The molecule has 2 heteroatoms. The highest BCUT2D eigenvalue weighted by atomic mass is 14.9. The Kier molecular flexibility index (Phi) is 6.16. The smallest absolute Gasteiger partial charge is 0.00174 e. The second kappa shape index (κ2) is 6.19. The molecule has 0 aliphatic carbocycles. The minimum absolute atomic E-state index is 0.347. The van der Waals surface area contributed by atoms with E-state index in [2.05, 4.69) is 66.3 Å². The third-order valence-electron chi connectivity index (χ3n) is 2.91. The quantitative estimate of drug-likeness (QED) is 0.747. The minimum atomic E-state index is 0.347. The zero-order valence-corrected chi connectivity index (χ0v) is 13.3. The van der Waals surface area contributed by atoms with Gasteiger partial charge in [-0.1, -0.05) is 41.5 Å². The van der Waals surface area contributed by atoms with Crippen LogP contribution in [0.5, 0.6) is 0 Å². The van der Waals surface area contributed by atoms with Crippen LogP contribution >= 0.6 is 0 Å². The standard InChI is InChI=1S/C15H34N2/c1-13(2,3)9-15(11-16-7,12-17-8)10-14(4,5)6/h16-17H,9-12H2,1-8H3. The van der Waals surface area contributed by atoms with Gasteiger partial charge in [-0.15, -0.1) is 0 Å². The van der Waals surface area contributed by atoms with Gasteiger partial charge in [0.25, 0.3) is 0 Å². The van der Waals surface area contributed by atoms with E-state index >= 15 is 0 Å². The van der Waals surface area contributed by atoms with E-state index in [0.29, 0.717) is 16.2 Å². The molecule has 0 heterocycles. The van der Waals surface area contributed by atoms with Crippen LogP contribution < -0.4 is 10.6 Å². The molecule has 2 N–H and O–H groups in total. The van der Waals surface area contributed by atoms with Crippen molar-refractivity contribution in [3.05, 3.63) is 0 Å². The van der Waals surface area contributed by atoms with Crippen LogP contribution in [0.3, 0.4) is 0 Å². The minimum Gasteiger partial charge on any atom is -0.319 e. The first kappa shape index (κ1) is 16.9. The molecule has 17 heavy (non-hydrogen) atoms. The van der Waals surface area contributed by atoms with Gasteiger partial charge in [0.1, 0.15) is 0 Å². The van der Waals surface area contributed by atoms with Crippen LogP contribution in [0.2, 0.25) is 0 Å². The SMILES string of the molecule is CNCC(CNC)(CC(C)(C)C)CC(C)(C)C. The van der Waals surface area contributed by atoms with Crippen molar-refractivity contribution in [2.24, 2.45) is 16.2 Å². The van der Waals surface area contributed by atoms with Gasteiger partial charge in [-0.05, 0) is 43.2 Å². The van der Waals surface area contributed by atoms with Crippen LogP contribution in [-0.4, -0.2) is 27.2 Å². The summed E-state index contributed by atoms with van der Waals surface area (Å²) >= 11 is 0. The molecular formula is C15H34N2. The van der Waals surface area contributed by atoms with Crippen LogP contribution in [0.25, 0.3) is 0 Å². The summed E-state index contributed by atoms with van der Waals surface area (Å²) in [5.74, 6) is 0. The zero-order valence-electron chi connectivity index (χ0n) is 13.3. The van der Waals surface area contributed by atoms with Crippen molar-refractivity contribution >= 4 is 0 Å². The van der Waals surface area contributed by atoms with E-state index in [1.54, 1.807) is 0 Å². The summed E-state index contributed by atoms with van der Waals surface area (Å²) in [7, 11) is 4.13. The first-order chi connectivity index (χ1) is 7.54. The lowest BCUT2D eigenvalue weighted by atomic mass is 9.66. The van der Waals surface area contributed by atoms with Crippen molar-refractivity contribution in [1.29, 1.82) is 0 Å². The largest absolute Gasteiger partial charge is 0.319 e. The molecule has 0 rings (SSSR count). The highest BCUT2D eigenvalue weighted by Crippen LogP contribution is 2.41. The first-order valence-corrected chi connectivity index (χ1v) is 6.83. The molecule has 2 nitrogen and oxygen atoms in total. The van der Waals surface area contributed by atoms with Gasteiger partial charge in [-0.2, -0.15) is 0 Å². The summed E-state index contributed by atoms with van der Waals surface area (Å²) in [4.78, 5) is 0. The predicted molar refractivity (Wildman–Crippen MR) is 78.4 cm³/mol. The topological polar surface area (TPSA) is 24.1 Å². The van der Waals surface area contributed by atoms with Crippen LogP contribution in [0, 0.1) is 16.2 Å². The molecule has 0 radical (unpaired) electrons. The third kappa shape index (κ3) is 7.77. The molecule has 0 aliphatic heterocycles. The van der Waals surface area contributed by atoms with Crippen molar-refractivity contribution in [1.82, 2.24) is 10.6 Å². The molecule has 0 spiro atoms. The van der Waals surface area contributed by atoms with Gasteiger partial charge in [-0.25, -0.2) is 0 Å². The van der Waals surface area contributed by atoms with Crippen LogP contribution in [0.1, 0.15) is 54.4 Å². The zero-order chi connectivity index (χ0) is 13.7. The molecule has 0 bridgehead atoms. The molecule has 0 aromatic heterocycles. The maximum Gasteiger partial charge on any atom is 0.00174 e. The van der Waals surface area contributed by atoms with Crippen LogP contribution in [0.4, 0.5) is 0 Å². The molecule has 0 saturated heterocycles. The van der Waals surface area contributed by atoms with Gasteiger partial charge in [0, 0.05) is 13.1 Å². The van der Waals surface area contributed by atoms with Crippen LogP contribution in [0.15, 0.2) is 0 Å². The Hall–Kier alpha value is -0.0800. The average Bonchev–Trinajstić information content (AvgIpc) is 1.96. The monoisotopic (exact) mass is 242 g/mol. The maximum absolute atomic E-state index is 3.40. The van der Waals surface area contributed by atoms with Gasteiger partial charge in [-0.3, -0.25) is 0 Å². The fourth-order valence-electron chi connectivity index (χ4n) is 3.37. The lowest BCUT2D eigenvalue weighted by molar-refractivity contribution is 0.105. The summed E-state index contributed by atoms with van der Waals surface area (Å²) < 4.78 is 0. The van der Waals surface area contributed by atoms with Crippen molar-refractivity contribution in [3.8, 4) is 0 Å². The number of hydrogen-bond donors (Lipinski definition) is 2. The predicted octanol–water partition coefficient (Wildman–Crippen LogP) is 3.28. The Labute approximate surface area is 109 Å². The molecule has 0 atom stereocenters. The summed E-state index contributed by atoms with van der Waals surface area (Å²) in [6.07, 6.45) is 2.50. The summed E-state index contributed by atoms with van der Waals surface area (Å²) in [6, 6.07) is 0. The third-order valence-corrected chi connectivity index (χ3v) is 2.91. The number of rotatable bonds is 6. The van der Waals surface area contributed by atoms with Crippen molar-refractivity contribution in [2.45, 2.75) is 54.4 Å². The summed E-state index contributed by atoms with van der Waals surface area (Å²) in [5, 5.41) is 6.80. The molecule has 0 fully saturated rings. The average molecular weight is 242 g/mol. The van der Waals surface area contributed by atoms with Crippen molar-refractivity contribution < 1.29 is 0 Å². The Balaban J connectivity index is 4.97. The van der Waals surface area contributed by atoms with Gasteiger partial charge < -0.3 is 10.6 Å². The van der Waals surface area contributed by atoms with Gasteiger partial charge in [0.2, 0.25) is 0 Å². The van der Waals surface area contributed by atoms with Gasteiger partial charge in [0.15, 0.2) is 0 Å². The number of nitrogens with one attached hydrogen (secondary N) is 2. The number of hydrogen-bond acceptors (Lipinski definition) is 2. The normalized spacial score (nSPS) is 14.1. The van der Waals surface area contributed by atoms with Crippen molar-refractivity contribution in [2.75, 3.05) is 27.2 Å². The molecule has 0 unspecified atom stereocenters. The second-order valence-corrected chi connectivity index (χ2v) is 8.04. The van der Waals surface area contributed by atoms with E-state index in [4.69, 9.17) is 0 Å². The van der Waals surface area contributed by atoms with Gasteiger partial charge in [0.05, 0.1) is 0 Å². The molecule has 0 saturated carbocycles. The molecule has 0 aromatic rings. The van der Waals surface area contributed by atoms with Gasteiger partial charge >= 0.3 is 0 Å². The van der Waals surface area contributed by atoms with E-state index in [-0.39, 0.29) is 0 Å². The second-order valence-electron chi connectivity index (χ2n) is 8.04. The molecule has 104 valence electrons. The van der Waals surface area contributed by atoms with E-state index in [0.717, 1.165) is 13.1 Å². The Morgan fingerprint density at radius 1 is 0.647 bits per heavy atom. The molecular weight excluding hydrogens is 208 g/mol. The summed E-state index contributed by atoms with van der Waals surface area (Å²) in [6.45, 7) is 16.2. The van der Waals surface area contributed by atoms with E-state index in [9.17, 15) is 0 Å². The Morgan fingerprint density at radius 3 is 1.12 bits per heavy atom. The molecule has 0 aromatic carbocycles. The highest BCUT2D eigenvalue weighted by molar-refractivity contribution is 4.90. The van der Waals surface area contributed by atoms with E-state index < -0.39 is 0 Å². The molecule has 0 aliphatic rings. The van der Waals surface area contributed by atoms with E-state index in [1.165, 1.54) is 12.8 Å². The van der Waals surface area contributed by atoms with Crippen molar-refractivity contribution in [3.63, 3.8) is 0 Å². The lowest BCUT2D eigenvalue weighted by Gasteiger charge is -2.43. The highest BCUT2D eigenvalue weighted by Gasteiger charge is 2.36. The fourth-order valence-corrected chi connectivity index (χ4v) is 3.37. The summed E-state index contributed by atoms with van der Waals surface area (Å²) in [5.41, 5.74) is 1.10. The molecule has 0 amide bonds. The van der Waals surface area contributed by atoms with Crippen LogP contribution in [-0.2, 0) is 0 Å². The first-order valence-electron chi connectivity index (χ1n) is 6.83. The Morgan fingerprint density at radius 2 is 0.941 bits per heavy atom. The lowest BCUT2D eigenvalue weighted by Crippen LogP contribution is -2.45. The Bertz CT molecular complexity index is 184. The maximum atomic E-state index is 3.40. The van der Waals surface area contributed by atoms with E-state index in [1.807, 2.05) is 0 Å².